The molecule has 0 bridgehead atoms. The molecule has 0 aromatic carbocycles. The van der Waals surface area contributed by atoms with Crippen molar-refractivity contribution in [1.82, 2.24) is 4.90 Å². The van der Waals surface area contributed by atoms with E-state index in [1.807, 2.05) is 11.8 Å². The van der Waals surface area contributed by atoms with Gasteiger partial charge in [-0.25, -0.2) is 0 Å². The Balaban J connectivity index is 2.97. The van der Waals surface area contributed by atoms with Gasteiger partial charge in [-0.3, -0.25) is 0 Å². The number of thioether (sulfide) groups is 1. The molecule has 0 saturated carbocycles. The Kier molecular flexibility index (Phi) is 8.52. The Morgan fingerprint density at radius 1 is 1.40 bits per heavy atom. The van der Waals surface area contributed by atoms with Crippen LogP contribution in [0.15, 0.2) is 0 Å². The fourth-order valence-electron chi connectivity index (χ4n) is 0.621. The smallest absolute Gasteiger partial charge is 0.0159 e. The molecule has 0 aliphatic rings. The van der Waals surface area contributed by atoms with Gasteiger partial charge in [0, 0.05) is 24.2 Å². The largest absolute Gasteiger partial charge is 0.305 e. The Labute approximate surface area is 76.7 Å². The second-order valence-electron chi connectivity index (χ2n) is 2.19. The topological polar surface area (TPSA) is 3.24 Å². The van der Waals surface area contributed by atoms with Crippen LogP contribution in [0.4, 0.5) is 0 Å². The average Bonchev–Trinajstić information content (AvgIpc) is 1.89. The zero-order valence-electron chi connectivity index (χ0n) is 6.77. The zero-order valence-corrected chi connectivity index (χ0v) is 9.17. The highest BCUT2D eigenvalue weighted by atomic mass is 79.9. The molecule has 0 rings (SSSR count). The maximum atomic E-state index is 3.41. The van der Waals surface area contributed by atoms with Gasteiger partial charge >= 0.3 is 0 Å². The minimum atomic E-state index is 1.08. The highest BCUT2D eigenvalue weighted by Crippen LogP contribution is 1.98. The molecule has 1 nitrogen and oxygen atoms in total. The summed E-state index contributed by atoms with van der Waals surface area (Å²) in [4.78, 5) is 2.34. The van der Waals surface area contributed by atoms with E-state index in [1.54, 1.807) is 0 Å². The van der Waals surface area contributed by atoms with Crippen LogP contribution in [0.2, 0.25) is 0 Å². The summed E-state index contributed by atoms with van der Waals surface area (Å²) >= 11 is 5.42. The van der Waals surface area contributed by atoms with Crippen molar-refractivity contribution < 1.29 is 0 Å². The molecule has 0 spiro atoms. The van der Waals surface area contributed by atoms with Crippen LogP contribution < -0.4 is 0 Å². The maximum absolute atomic E-state index is 3.41. The molecule has 0 atom stereocenters. The van der Waals surface area contributed by atoms with E-state index >= 15 is 0 Å². The van der Waals surface area contributed by atoms with Crippen molar-refractivity contribution in [1.29, 1.82) is 0 Å². The third kappa shape index (κ3) is 6.90. The molecule has 0 aromatic heterocycles. The summed E-state index contributed by atoms with van der Waals surface area (Å²) in [6.07, 6.45) is 0. The predicted molar refractivity (Wildman–Crippen MR) is 54.3 cm³/mol. The summed E-state index contributed by atoms with van der Waals surface area (Å²) in [5.41, 5.74) is 0. The van der Waals surface area contributed by atoms with Crippen molar-refractivity contribution in [3.05, 3.63) is 0 Å². The fourth-order valence-corrected chi connectivity index (χ4v) is 1.96. The van der Waals surface area contributed by atoms with E-state index in [9.17, 15) is 0 Å². The molecular formula is C7H16BrNS. The average molecular weight is 226 g/mol. The van der Waals surface area contributed by atoms with Gasteiger partial charge in [-0.2, -0.15) is 11.8 Å². The zero-order chi connectivity index (χ0) is 7.82. The summed E-state index contributed by atoms with van der Waals surface area (Å²) in [5.74, 6) is 2.50. The fraction of sp³-hybridized carbons (Fsp3) is 1.00. The molecule has 0 N–H and O–H groups in total. The molecule has 0 aromatic rings. The Bertz CT molecular complexity index is 70.6. The Hall–Kier alpha value is 0.790. The van der Waals surface area contributed by atoms with Crippen molar-refractivity contribution in [3.8, 4) is 0 Å². The van der Waals surface area contributed by atoms with Gasteiger partial charge < -0.3 is 4.90 Å². The van der Waals surface area contributed by atoms with Crippen LogP contribution in [-0.4, -0.2) is 41.9 Å². The summed E-state index contributed by atoms with van der Waals surface area (Å²) in [5, 5.41) is 1.08. The van der Waals surface area contributed by atoms with Crippen molar-refractivity contribution in [2.24, 2.45) is 0 Å². The number of rotatable bonds is 6. The molecule has 0 amide bonds. The molecule has 10 heavy (non-hydrogen) atoms. The number of alkyl halides is 1. The molecule has 0 saturated heterocycles. The molecule has 0 radical (unpaired) electrons. The van der Waals surface area contributed by atoms with Crippen LogP contribution in [0.5, 0.6) is 0 Å². The normalized spacial score (nSPS) is 10.8. The van der Waals surface area contributed by atoms with Crippen LogP contribution in [0.1, 0.15) is 6.92 Å². The lowest BCUT2D eigenvalue weighted by molar-refractivity contribution is 0.381. The lowest BCUT2D eigenvalue weighted by atomic mass is 10.6. The first kappa shape index (κ1) is 10.8. The minimum absolute atomic E-state index is 1.08. The Morgan fingerprint density at radius 2 is 2.10 bits per heavy atom. The van der Waals surface area contributed by atoms with Gasteiger partial charge in [0.1, 0.15) is 0 Å². The van der Waals surface area contributed by atoms with Crippen LogP contribution in [-0.2, 0) is 0 Å². The van der Waals surface area contributed by atoms with Crippen LogP contribution in [0, 0.1) is 0 Å². The van der Waals surface area contributed by atoms with Gasteiger partial charge in [0.05, 0.1) is 0 Å². The van der Waals surface area contributed by atoms with Crippen molar-refractivity contribution in [2.45, 2.75) is 6.92 Å². The number of hydrogen-bond acceptors (Lipinski definition) is 2. The monoisotopic (exact) mass is 225 g/mol. The van der Waals surface area contributed by atoms with Crippen LogP contribution in [0.3, 0.4) is 0 Å². The lowest BCUT2D eigenvalue weighted by Crippen LogP contribution is -2.23. The maximum Gasteiger partial charge on any atom is 0.0159 e. The molecule has 0 heterocycles. The van der Waals surface area contributed by atoms with E-state index in [0.29, 0.717) is 0 Å². The van der Waals surface area contributed by atoms with Gasteiger partial charge in [-0.1, -0.05) is 22.9 Å². The highest BCUT2D eigenvalue weighted by molar-refractivity contribution is 9.09. The van der Waals surface area contributed by atoms with Gasteiger partial charge in [0.25, 0.3) is 0 Å². The van der Waals surface area contributed by atoms with E-state index in [0.717, 1.165) is 11.9 Å². The number of halogens is 1. The summed E-state index contributed by atoms with van der Waals surface area (Å²) in [6, 6.07) is 0. The number of nitrogens with zero attached hydrogens (tertiary/aromatic N) is 1. The quantitative estimate of drug-likeness (QED) is 0.504. The number of hydrogen-bond donors (Lipinski definition) is 0. The third-order valence-corrected chi connectivity index (χ3v) is 2.52. The van der Waals surface area contributed by atoms with E-state index in [1.165, 1.54) is 18.1 Å². The van der Waals surface area contributed by atoms with Gasteiger partial charge in [0.2, 0.25) is 0 Å². The first-order valence-electron chi connectivity index (χ1n) is 3.63. The van der Waals surface area contributed by atoms with Gasteiger partial charge in [-0.05, 0) is 12.8 Å². The lowest BCUT2D eigenvalue weighted by Gasteiger charge is -2.13. The second kappa shape index (κ2) is 7.89. The van der Waals surface area contributed by atoms with Crippen molar-refractivity contribution in [3.63, 3.8) is 0 Å². The summed E-state index contributed by atoms with van der Waals surface area (Å²) in [7, 11) is 2.16. The molecule has 0 aliphatic heterocycles. The van der Waals surface area contributed by atoms with E-state index in [-0.39, 0.29) is 0 Å². The van der Waals surface area contributed by atoms with E-state index in [2.05, 4.69) is 34.8 Å². The first-order chi connectivity index (χ1) is 4.81. The van der Waals surface area contributed by atoms with Gasteiger partial charge in [-0.15, -0.1) is 0 Å². The predicted octanol–water partition coefficient (Wildman–Crippen LogP) is 2.07. The molecule has 62 valence electrons. The standard InChI is InChI=1S/C7H16BrNS/c1-3-10-7-6-9(2)5-4-8/h3-7H2,1-2H3. The SMILES string of the molecule is CCSCCN(C)CCBr. The molecule has 3 heteroatoms. The van der Waals surface area contributed by atoms with Crippen molar-refractivity contribution >= 4 is 27.7 Å². The molecule has 0 fully saturated rings. The minimum Gasteiger partial charge on any atom is -0.305 e. The van der Waals surface area contributed by atoms with Crippen LogP contribution >= 0.6 is 27.7 Å². The van der Waals surface area contributed by atoms with E-state index in [4.69, 9.17) is 0 Å². The van der Waals surface area contributed by atoms with Crippen molar-refractivity contribution in [2.75, 3.05) is 37.0 Å². The summed E-state index contributed by atoms with van der Waals surface area (Å²) < 4.78 is 0. The van der Waals surface area contributed by atoms with Crippen LogP contribution in [0.25, 0.3) is 0 Å². The molecule has 0 aliphatic carbocycles. The first-order valence-corrected chi connectivity index (χ1v) is 5.91. The van der Waals surface area contributed by atoms with E-state index < -0.39 is 0 Å². The summed E-state index contributed by atoms with van der Waals surface area (Å²) in [6.45, 7) is 4.57. The molecular weight excluding hydrogens is 210 g/mol. The molecule has 0 unspecified atom stereocenters. The Morgan fingerprint density at radius 3 is 2.60 bits per heavy atom. The highest BCUT2D eigenvalue weighted by Gasteiger charge is 1.94. The van der Waals surface area contributed by atoms with Gasteiger partial charge in [0.15, 0.2) is 0 Å². The third-order valence-electron chi connectivity index (χ3n) is 1.29. The second-order valence-corrected chi connectivity index (χ2v) is 4.38.